The Morgan fingerprint density at radius 3 is 2.43 bits per heavy atom. The van der Waals surface area contributed by atoms with Crippen LogP contribution in [-0.4, -0.2) is 69.9 Å². The number of ether oxygens (including phenoxy) is 4. The van der Waals surface area contributed by atoms with Crippen LogP contribution in [0.15, 0.2) is 29.5 Å². The number of amides is 2. The SMILES string of the molecule is CCOC(=O)C1=C(CN2CCC(C(=O)OCC)CC2)NC(=O)N[C@H]1c1ccc(OC)c(COC)c1. The van der Waals surface area contributed by atoms with Gasteiger partial charge in [0, 0.05) is 24.9 Å². The van der Waals surface area contributed by atoms with E-state index in [-0.39, 0.29) is 18.5 Å². The molecule has 1 aromatic carbocycles. The number of nitrogens with zero attached hydrogens (tertiary/aromatic N) is 1. The molecule has 0 radical (unpaired) electrons. The Kier molecular flexibility index (Phi) is 9.50. The van der Waals surface area contributed by atoms with Crippen molar-refractivity contribution in [1.29, 1.82) is 0 Å². The first-order valence-corrected chi connectivity index (χ1v) is 11.9. The van der Waals surface area contributed by atoms with E-state index >= 15 is 0 Å². The molecular weight excluding hydrogens is 454 g/mol. The quantitative estimate of drug-likeness (QED) is 0.481. The molecule has 0 saturated carbocycles. The van der Waals surface area contributed by atoms with Gasteiger partial charge in [-0.05, 0) is 57.5 Å². The molecule has 2 amide bonds. The van der Waals surface area contributed by atoms with Gasteiger partial charge in [-0.3, -0.25) is 9.69 Å². The fraction of sp³-hybridized carbons (Fsp3) is 0.560. The topological polar surface area (TPSA) is 115 Å². The molecule has 2 N–H and O–H groups in total. The van der Waals surface area contributed by atoms with Crippen LogP contribution in [0.25, 0.3) is 0 Å². The average Bonchev–Trinajstić information content (AvgIpc) is 2.84. The van der Waals surface area contributed by atoms with Crippen LogP contribution in [0.3, 0.4) is 0 Å². The minimum atomic E-state index is -0.698. The van der Waals surface area contributed by atoms with Gasteiger partial charge < -0.3 is 29.6 Å². The van der Waals surface area contributed by atoms with Crippen molar-refractivity contribution in [1.82, 2.24) is 15.5 Å². The maximum Gasteiger partial charge on any atom is 0.338 e. The van der Waals surface area contributed by atoms with Gasteiger partial charge in [0.05, 0.1) is 44.5 Å². The van der Waals surface area contributed by atoms with Crippen molar-refractivity contribution in [2.45, 2.75) is 39.3 Å². The summed E-state index contributed by atoms with van der Waals surface area (Å²) in [6.45, 7) is 6.09. The zero-order chi connectivity index (χ0) is 25.4. The highest BCUT2D eigenvalue weighted by Gasteiger charge is 2.35. The zero-order valence-corrected chi connectivity index (χ0v) is 20.8. The van der Waals surface area contributed by atoms with Gasteiger partial charge in [0.15, 0.2) is 0 Å². The second-order valence-corrected chi connectivity index (χ2v) is 8.45. The molecule has 0 bridgehead atoms. The number of piperidine rings is 1. The highest BCUT2D eigenvalue weighted by atomic mass is 16.5. The highest BCUT2D eigenvalue weighted by molar-refractivity contribution is 5.95. The molecule has 10 heteroatoms. The third-order valence-corrected chi connectivity index (χ3v) is 6.18. The van der Waals surface area contributed by atoms with Crippen LogP contribution in [0, 0.1) is 5.92 Å². The summed E-state index contributed by atoms with van der Waals surface area (Å²) in [5, 5.41) is 5.68. The largest absolute Gasteiger partial charge is 0.496 e. The van der Waals surface area contributed by atoms with Gasteiger partial charge in [0.2, 0.25) is 0 Å². The molecule has 1 fully saturated rings. The normalized spacial score (nSPS) is 19.1. The van der Waals surface area contributed by atoms with Crippen molar-refractivity contribution in [3.8, 4) is 5.75 Å². The number of hydrogen-bond acceptors (Lipinski definition) is 8. The second-order valence-electron chi connectivity index (χ2n) is 8.45. The van der Waals surface area contributed by atoms with Gasteiger partial charge in [-0.25, -0.2) is 9.59 Å². The van der Waals surface area contributed by atoms with E-state index < -0.39 is 18.0 Å². The molecule has 1 aromatic rings. The van der Waals surface area contributed by atoms with Gasteiger partial charge in [-0.1, -0.05) is 6.07 Å². The van der Waals surface area contributed by atoms with E-state index in [0.29, 0.717) is 68.3 Å². The summed E-state index contributed by atoms with van der Waals surface area (Å²) in [6.07, 6.45) is 1.32. The molecule has 1 atom stereocenters. The van der Waals surface area contributed by atoms with Crippen molar-refractivity contribution in [3.63, 3.8) is 0 Å². The van der Waals surface area contributed by atoms with Gasteiger partial charge >= 0.3 is 18.0 Å². The second kappa shape index (κ2) is 12.6. The summed E-state index contributed by atoms with van der Waals surface area (Å²) in [6, 6.07) is 4.37. The fourth-order valence-corrected chi connectivity index (χ4v) is 4.50. The maximum absolute atomic E-state index is 13.1. The zero-order valence-electron chi connectivity index (χ0n) is 20.8. The summed E-state index contributed by atoms with van der Waals surface area (Å²) < 4.78 is 21.2. The van der Waals surface area contributed by atoms with E-state index in [4.69, 9.17) is 18.9 Å². The van der Waals surface area contributed by atoms with Gasteiger partial charge in [-0.15, -0.1) is 0 Å². The van der Waals surface area contributed by atoms with Crippen LogP contribution in [-0.2, 0) is 30.4 Å². The molecule has 192 valence electrons. The van der Waals surface area contributed by atoms with Crippen LogP contribution >= 0.6 is 0 Å². The summed E-state index contributed by atoms with van der Waals surface area (Å²) >= 11 is 0. The summed E-state index contributed by atoms with van der Waals surface area (Å²) in [5.41, 5.74) is 2.36. The molecule has 35 heavy (non-hydrogen) atoms. The van der Waals surface area contributed by atoms with E-state index in [1.54, 1.807) is 34.1 Å². The van der Waals surface area contributed by atoms with Gasteiger partial charge in [0.25, 0.3) is 0 Å². The number of benzene rings is 1. The minimum Gasteiger partial charge on any atom is -0.496 e. The predicted octanol–water partition coefficient (Wildman–Crippen LogP) is 2.29. The summed E-state index contributed by atoms with van der Waals surface area (Å²) in [4.78, 5) is 39.9. The smallest absolute Gasteiger partial charge is 0.338 e. The Labute approximate surface area is 205 Å². The van der Waals surface area contributed by atoms with Crippen molar-refractivity contribution >= 4 is 18.0 Å². The lowest BCUT2D eigenvalue weighted by Crippen LogP contribution is -2.49. The van der Waals surface area contributed by atoms with Crippen molar-refractivity contribution in [2.75, 3.05) is 47.1 Å². The number of urea groups is 1. The summed E-state index contributed by atoms with van der Waals surface area (Å²) in [5.74, 6) is -0.133. The predicted molar refractivity (Wildman–Crippen MR) is 128 cm³/mol. The van der Waals surface area contributed by atoms with Crippen LogP contribution in [0.1, 0.15) is 43.9 Å². The molecule has 10 nitrogen and oxygen atoms in total. The fourth-order valence-electron chi connectivity index (χ4n) is 4.50. The van der Waals surface area contributed by atoms with Crippen LogP contribution in [0.4, 0.5) is 4.79 Å². The van der Waals surface area contributed by atoms with Crippen molar-refractivity contribution < 1.29 is 33.3 Å². The Bertz CT molecular complexity index is 954. The number of hydrogen-bond donors (Lipinski definition) is 2. The van der Waals surface area contributed by atoms with E-state index in [1.165, 1.54) is 0 Å². The molecule has 2 aliphatic heterocycles. The molecule has 1 saturated heterocycles. The van der Waals surface area contributed by atoms with E-state index in [2.05, 4.69) is 15.5 Å². The lowest BCUT2D eigenvalue weighted by molar-refractivity contribution is -0.149. The number of nitrogens with one attached hydrogen (secondary N) is 2. The number of carbonyl (C=O) groups excluding carboxylic acids is 3. The number of methoxy groups -OCH3 is 2. The average molecular weight is 490 g/mol. The molecular formula is C25H35N3O7. The monoisotopic (exact) mass is 489 g/mol. The summed E-state index contributed by atoms with van der Waals surface area (Å²) in [7, 11) is 3.17. The van der Waals surface area contributed by atoms with Crippen LogP contribution in [0.5, 0.6) is 5.75 Å². The molecule has 3 rings (SSSR count). The standard InChI is InChI=1S/C25H35N3O7/c1-5-34-23(29)16-9-11-28(12-10-16)14-19-21(24(30)35-6-2)22(27-25(31)26-19)17-7-8-20(33-4)18(13-17)15-32-3/h7-8,13,16,22H,5-6,9-12,14-15H2,1-4H3,(H2,26,27,31)/t22-/m0/s1. The van der Waals surface area contributed by atoms with E-state index in [1.807, 2.05) is 12.1 Å². The molecule has 2 heterocycles. The molecule has 0 spiro atoms. The van der Waals surface area contributed by atoms with Crippen molar-refractivity contribution in [2.24, 2.45) is 5.92 Å². The third kappa shape index (κ3) is 6.52. The van der Waals surface area contributed by atoms with Crippen LogP contribution < -0.4 is 15.4 Å². The Balaban J connectivity index is 1.89. The number of likely N-dealkylation sites (tertiary alicyclic amines) is 1. The number of rotatable bonds is 10. The maximum atomic E-state index is 13.1. The van der Waals surface area contributed by atoms with E-state index in [0.717, 1.165) is 5.56 Å². The van der Waals surface area contributed by atoms with Crippen LogP contribution in [0.2, 0.25) is 0 Å². The third-order valence-electron chi connectivity index (χ3n) is 6.18. The van der Waals surface area contributed by atoms with Gasteiger partial charge in [0.1, 0.15) is 5.75 Å². The van der Waals surface area contributed by atoms with E-state index in [9.17, 15) is 14.4 Å². The molecule has 0 unspecified atom stereocenters. The number of esters is 2. The Hall–Kier alpha value is -3.11. The molecule has 2 aliphatic rings. The molecule has 0 aromatic heterocycles. The minimum absolute atomic E-state index is 0.126. The van der Waals surface area contributed by atoms with Gasteiger partial charge in [-0.2, -0.15) is 0 Å². The lowest BCUT2D eigenvalue weighted by Gasteiger charge is -2.35. The Morgan fingerprint density at radius 1 is 1.09 bits per heavy atom. The Morgan fingerprint density at radius 2 is 1.80 bits per heavy atom. The molecule has 0 aliphatic carbocycles. The number of carbonyl (C=O) groups is 3. The van der Waals surface area contributed by atoms with Crippen molar-refractivity contribution in [3.05, 3.63) is 40.6 Å². The highest BCUT2D eigenvalue weighted by Crippen LogP contribution is 2.32. The first-order valence-electron chi connectivity index (χ1n) is 11.9. The lowest BCUT2D eigenvalue weighted by atomic mass is 9.92. The first kappa shape index (κ1) is 26.5. The first-order chi connectivity index (χ1) is 16.9.